The van der Waals surface area contributed by atoms with E-state index in [2.05, 4.69) is 85.1 Å². The van der Waals surface area contributed by atoms with Crippen LogP contribution >= 0.6 is 0 Å². The van der Waals surface area contributed by atoms with Gasteiger partial charge in [0.1, 0.15) is 0 Å². The lowest BCUT2D eigenvalue weighted by atomic mass is 9.75. The van der Waals surface area contributed by atoms with E-state index < -0.39 is 7.12 Å². The zero-order valence-electron chi connectivity index (χ0n) is 17.5. The standard InChI is InChI=1S/C27H22BNO2/c1-27(2)23-15-17(28(30)31)11-13-19(23)20-14-12-18(16-24(20)27)29-25-9-5-3-7-21(25)22-8-4-6-10-26(22)29/h3-16,30-31H,1-2H3. The molecule has 2 N–H and O–H groups in total. The van der Waals surface area contributed by atoms with Crippen molar-refractivity contribution >= 4 is 34.4 Å². The van der Waals surface area contributed by atoms with Crippen LogP contribution in [0.15, 0.2) is 84.9 Å². The molecule has 5 aromatic rings. The molecule has 1 aliphatic rings. The number of fused-ring (bicyclic) bond motifs is 6. The smallest absolute Gasteiger partial charge is 0.423 e. The number of nitrogens with zero attached hydrogens (tertiary/aromatic N) is 1. The molecule has 4 heteroatoms. The Kier molecular flexibility index (Phi) is 3.77. The van der Waals surface area contributed by atoms with Crippen molar-refractivity contribution in [1.82, 2.24) is 4.57 Å². The molecule has 0 saturated heterocycles. The molecule has 4 aromatic carbocycles. The van der Waals surface area contributed by atoms with Crippen LogP contribution < -0.4 is 5.46 Å². The van der Waals surface area contributed by atoms with Crippen LogP contribution in [-0.2, 0) is 5.41 Å². The summed E-state index contributed by atoms with van der Waals surface area (Å²) in [4.78, 5) is 0. The molecule has 0 aliphatic heterocycles. The van der Waals surface area contributed by atoms with Gasteiger partial charge in [-0.3, -0.25) is 0 Å². The second-order valence-corrected chi connectivity index (χ2v) is 8.90. The van der Waals surface area contributed by atoms with Crippen molar-refractivity contribution in [1.29, 1.82) is 0 Å². The first-order valence-corrected chi connectivity index (χ1v) is 10.6. The van der Waals surface area contributed by atoms with Gasteiger partial charge in [0.15, 0.2) is 0 Å². The lowest BCUT2D eigenvalue weighted by Gasteiger charge is -2.23. The van der Waals surface area contributed by atoms with Crippen LogP contribution in [-0.4, -0.2) is 21.7 Å². The molecule has 0 unspecified atom stereocenters. The average Bonchev–Trinajstić information content (AvgIpc) is 3.23. The van der Waals surface area contributed by atoms with Crippen molar-refractivity contribution in [3.05, 3.63) is 96.1 Å². The van der Waals surface area contributed by atoms with E-state index in [1.54, 1.807) is 6.07 Å². The second-order valence-electron chi connectivity index (χ2n) is 8.90. The van der Waals surface area contributed by atoms with Crippen LogP contribution in [0.4, 0.5) is 0 Å². The van der Waals surface area contributed by atoms with Crippen molar-refractivity contribution in [3.63, 3.8) is 0 Å². The Morgan fingerprint density at radius 1 is 0.677 bits per heavy atom. The highest BCUT2D eigenvalue weighted by Gasteiger charge is 2.36. The van der Waals surface area contributed by atoms with Crippen molar-refractivity contribution in [2.75, 3.05) is 0 Å². The van der Waals surface area contributed by atoms with Gasteiger partial charge in [0.25, 0.3) is 0 Å². The van der Waals surface area contributed by atoms with E-state index in [0.29, 0.717) is 5.46 Å². The fourth-order valence-electron chi connectivity index (χ4n) is 5.24. The summed E-state index contributed by atoms with van der Waals surface area (Å²) in [6.07, 6.45) is 0. The minimum absolute atomic E-state index is 0.232. The molecule has 31 heavy (non-hydrogen) atoms. The van der Waals surface area contributed by atoms with Gasteiger partial charge >= 0.3 is 7.12 Å². The predicted molar refractivity (Wildman–Crippen MR) is 128 cm³/mol. The summed E-state index contributed by atoms with van der Waals surface area (Å²) in [6, 6.07) is 29.5. The topological polar surface area (TPSA) is 45.4 Å². The fourth-order valence-corrected chi connectivity index (χ4v) is 5.24. The lowest BCUT2D eigenvalue weighted by Crippen LogP contribution is -2.31. The molecule has 0 fully saturated rings. The third-order valence-corrected chi connectivity index (χ3v) is 6.82. The van der Waals surface area contributed by atoms with Crippen molar-refractivity contribution in [3.8, 4) is 16.8 Å². The van der Waals surface area contributed by atoms with E-state index in [1.165, 1.54) is 32.9 Å². The summed E-state index contributed by atoms with van der Waals surface area (Å²) in [5.74, 6) is 0. The number of para-hydroxylation sites is 2. The number of hydrogen-bond acceptors (Lipinski definition) is 2. The summed E-state index contributed by atoms with van der Waals surface area (Å²) >= 11 is 0. The first-order chi connectivity index (χ1) is 15.0. The van der Waals surface area contributed by atoms with Crippen LogP contribution in [0.3, 0.4) is 0 Å². The van der Waals surface area contributed by atoms with E-state index >= 15 is 0 Å². The summed E-state index contributed by atoms with van der Waals surface area (Å²) in [7, 11) is -1.46. The maximum atomic E-state index is 9.66. The first kappa shape index (κ1) is 18.4. The molecule has 3 nitrogen and oxygen atoms in total. The van der Waals surface area contributed by atoms with Gasteiger partial charge in [-0.2, -0.15) is 0 Å². The molecule has 6 rings (SSSR count). The van der Waals surface area contributed by atoms with Crippen molar-refractivity contribution in [2.45, 2.75) is 19.3 Å². The summed E-state index contributed by atoms with van der Waals surface area (Å²) in [5.41, 5.74) is 8.59. The summed E-state index contributed by atoms with van der Waals surface area (Å²) in [5, 5.41) is 21.8. The molecule has 0 radical (unpaired) electrons. The van der Waals surface area contributed by atoms with E-state index in [-0.39, 0.29) is 5.41 Å². The average molecular weight is 403 g/mol. The van der Waals surface area contributed by atoms with Crippen molar-refractivity contribution in [2.24, 2.45) is 0 Å². The van der Waals surface area contributed by atoms with Gasteiger partial charge in [0.2, 0.25) is 0 Å². The van der Waals surface area contributed by atoms with Gasteiger partial charge < -0.3 is 14.6 Å². The Balaban J connectivity index is 1.61. The third-order valence-electron chi connectivity index (χ3n) is 6.82. The van der Waals surface area contributed by atoms with Crippen LogP contribution in [0, 0.1) is 0 Å². The molecule has 1 aliphatic carbocycles. The number of hydrogen-bond donors (Lipinski definition) is 2. The molecular weight excluding hydrogens is 381 g/mol. The quantitative estimate of drug-likeness (QED) is 0.417. The molecule has 0 atom stereocenters. The number of rotatable bonds is 2. The zero-order chi connectivity index (χ0) is 21.3. The predicted octanol–water partition coefficient (Wildman–Crippen LogP) is 4.77. The van der Waals surface area contributed by atoms with E-state index in [0.717, 1.165) is 16.8 Å². The normalized spacial score (nSPS) is 14.1. The molecule has 0 spiro atoms. The van der Waals surface area contributed by atoms with Crippen LogP contribution in [0.5, 0.6) is 0 Å². The molecule has 150 valence electrons. The minimum Gasteiger partial charge on any atom is -0.423 e. The Morgan fingerprint density at radius 3 is 1.84 bits per heavy atom. The van der Waals surface area contributed by atoms with Crippen molar-refractivity contribution < 1.29 is 10.0 Å². The molecular formula is C27H22BNO2. The Hall–Kier alpha value is -3.34. The van der Waals surface area contributed by atoms with Gasteiger partial charge in [-0.05, 0) is 52.0 Å². The fraction of sp³-hybridized carbons (Fsp3) is 0.111. The van der Waals surface area contributed by atoms with Gasteiger partial charge in [-0.1, -0.05) is 74.5 Å². The van der Waals surface area contributed by atoms with Crippen LogP contribution in [0.1, 0.15) is 25.0 Å². The lowest BCUT2D eigenvalue weighted by molar-refractivity contribution is 0.425. The van der Waals surface area contributed by atoms with Gasteiger partial charge in [0, 0.05) is 21.9 Å². The summed E-state index contributed by atoms with van der Waals surface area (Å²) in [6.45, 7) is 4.42. The maximum absolute atomic E-state index is 9.66. The second kappa shape index (κ2) is 6.33. The molecule has 1 heterocycles. The molecule has 0 bridgehead atoms. The largest absolute Gasteiger partial charge is 0.488 e. The third kappa shape index (κ3) is 2.49. The van der Waals surface area contributed by atoms with E-state index in [4.69, 9.17) is 0 Å². The zero-order valence-corrected chi connectivity index (χ0v) is 17.5. The van der Waals surface area contributed by atoms with Gasteiger partial charge in [0.05, 0.1) is 11.0 Å². The molecule has 1 aromatic heterocycles. The van der Waals surface area contributed by atoms with Gasteiger partial charge in [-0.25, -0.2) is 0 Å². The SMILES string of the molecule is CC1(C)c2cc(B(O)O)ccc2-c2ccc(-n3c4ccccc4c4ccccc43)cc21. The monoisotopic (exact) mass is 403 g/mol. The maximum Gasteiger partial charge on any atom is 0.488 e. The summed E-state index contributed by atoms with van der Waals surface area (Å²) < 4.78 is 2.34. The number of benzene rings is 4. The highest BCUT2D eigenvalue weighted by molar-refractivity contribution is 6.58. The molecule has 0 amide bonds. The Labute approximate surface area is 181 Å². The molecule has 0 saturated carbocycles. The highest BCUT2D eigenvalue weighted by atomic mass is 16.4. The van der Waals surface area contributed by atoms with E-state index in [9.17, 15) is 10.0 Å². The Morgan fingerprint density at radius 2 is 1.23 bits per heavy atom. The minimum atomic E-state index is -1.46. The number of aromatic nitrogens is 1. The first-order valence-electron chi connectivity index (χ1n) is 10.6. The van der Waals surface area contributed by atoms with Gasteiger partial charge in [-0.15, -0.1) is 0 Å². The van der Waals surface area contributed by atoms with Crippen LogP contribution in [0.2, 0.25) is 0 Å². The highest BCUT2D eigenvalue weighted by Crippen LogP contribution is 2.49. The Bertz CT molecular complexity index is 1440. The van der Waals surface area contributed by atoms with E-state index in [1.807, 2.05) is 12.1 Å². The van der Waals surface area contributed by atoms with Crippen LogP contribution in [0.25, 0.3) is 38.6 Å².